The minimum Gasteiger partial charge on any atom is -0.484 e. The van der Waals surface area contributed by atoms with Gasteiger partial charge in [-0.05, 0) is 30.5 Å². The largest absolute Gasteiger partial charge is 0.484 e. The number of carbonyl (C=O) groups is 2. The van der Waals surface area contributed by atoms with Crippen molar-refractivity contribution in [3.05, 3.63) is 66.2 Å². The molecule has 5 nitrogen and oxygen atoms in total. The Bertz CT molecular complexity index is 689. The van der Waals surface area contributed by atoms with E-state index in [0.717, 1.165) is 5.56 Å². The fourth-order valence-electron chi connectivity index (χ4n) is 2.81. The van der Waals surface area contributed by atoms with Crippen LogP contribution in [0.4, 0.5) is 0 Å². The summed E-state index contributed by atoms with van der Waals surface area (Å²) in [5.41, 5.74) is 1.13. The summed E-state index contributed by atoms with van der Waals surface area (Å²) in [7, 11) is 1.59. The smallest absolute Gasteiger partial charge is 0.261 e. The van der Waals surface area contributed by atoms with Crippen LogP contribution in [-0.4, -0.2) is 43.0 Å². The molecule has 0 saturated heterocycles. The number of ether oxygens (including phenoxy) is 1. The maximum Gasteiger partial charge on any atom is 0.261 e. The fraction of sp³-hybridized carbons (Fsp3) is 0.333. The quantitative estimate of drug-likeness (QED) is 0.753. The molecule has 2 rings (SSSR count). The third kappa shape index (κ3) is 5.62. The van der Waals surface area contributed by atoms with Crippen LogP contribution in [0.1, 0.15) is 18.9 Å². The molecule has 0 unspecified atom stereocenters. The van der Waals surface area contributed by atoms with Gasteiger partial charge in [0.2, 0.25) is 5.91 Å². The molecule has 1 atom stereocenters. The molecule has 0 aliphatic heterocycles. The molecule has 0 radical (unpaired) electrons. The SMILES string of the molecule is CC[C@@H](C(=O)NC)N(CCc1ccccc1)C(=O)COc1ccccc1. The van der Waals surface area contributed by atoms with E-state index in [1.165, 1.54) is 0 Å². The number of rotatable bonds is 9. The molecule has 26 heavy (non-hydrogen) atoms. The highest BCUT2D eigenvalue weighted by atomic mass is 16.5. The van der Waals surface area contributed by atoms with E-state index in [-0.39, 0.29) is 18.4 Å². The molecule has 0 spiro atoms. The standard InChI is InChI=1S/C21H26N2O3/c1-3-19(21(25)22-2)23(15-14-17-10-6-4-7-11-17)20(24)16-26-18-12-8-5-9-13-18/h4-13,19H,3,14-16H2,1-2H3,(H,22,25)/t19-/m0/s1. The third-order valence-electron chi connectivity index (χ3n) is 4.22. The lowest BCUT2D eigenvalue weighted by atomic mass is 10.1. The summed E-state index contributed by atoms with van der Waals surface area (Å²) < 4.78 is 5.59. The van der Waals surface area contributed by atoms with Crippen LogP contribution >= 0.6 is 0 Å². The average Bonchev–Trinajstić information content (AvgIpc) is 2.70. The lowest BCUT2D eigenvalue weighted by Crippen LogP contribution is -2.50. The van der Waals surface area contributed by atoms with Gasteiger partial charge < -0.3 is 15.0 Å². The molecule has 0 heterocycles. The molecule has 138 valence electrons. The van der Waals surface area contributed by atoms with E-state index in [4.69, 9.17) is 4.74 Å². The van der Waals surface area contributed by atoms with Gasteiger partial charge >= 0.3 is 0 Å². The minimum atomic E-state index is -0.504. The Kier molecular flexibility index (Phi) is 7.68. The molecular formula is C21H26N2O3. The topological polar surface area (TPSA) is 58.6 Å². The normalized spacial score (nSPS) is 11.5. The molecule has 0 saturated carbocycles. The first kappa shape index (κ1) is 19.5. The van der Waals surface area contributed by atoms with Crippen molar-refractivity contribution < 1.29 is 14.3 Å². The van der Waals surface area contributed by atoms with Gasteiger partial charge in [-0.1, -0.05) is 55.5 Å². The minimum absolute atomic E-state index is 0.0910. The first-order valence-corrected chi connectivity index (χ1v) is 8.88. The Morgan fingerprint density at radius 2 is 1.65 bits per heavy atom. The van der Waals surface area contributed by atoms with E-state index < -0.39 is 6.04 Å². The van der Waals surface area contributed by atoms with Gasteiger partial charge in [0.15, 0.2) is 6.61 Å². The number of amides is 2. The molecule has 2 aromatic carbocycles. The fourth-order valence-corrected chi connectivity index (χ4v) is 2.81. The lowest BCUT2D eigenvalue weighted by molar-refractivity contribution is -0.142. The van der Waals surface area contributed by atoms with Gasteiger partial charge in [-0.3, -0.25) is 9.59 Å². The Hall–Kier alpha value is -2.82. The van der Waals surface area contributed by atoms with E-state index in [2.05, 4.69) is 5.32 Å². The van der Waals surface area contributed by atoms with Gasteiger partial charge in [0.25, 0.3) is 5.91 Å². The van der Waals surface area contributed by atoms with Crippen molar-refractivity contribution >= 4 is 11.8 Å². The van der Waals surface area contributed by atoms with Crippen LogP contribution in [0.5, 0.6) is 5.75 Å². The van der Waals surface area contributed by atoms with Crippen molar-refractivity contribution in [1.82, 2.24) is 10.2 Å². The lowest BCUT2D eigenvalue weighted by Gasteiger charge is -2.30. The van der Waals surface area contributed by atoms with Crippen LogP contribution in [0, 0.1) is 0 Å². The number of benzene rings is 2. The van der Waals surface area contributed by atoms with E-state index in [1.54, 1.807) is 24.1 Å². The van der Waals surface area contributed by atoms with Gasteiger partial charge in [-0.25, -0.2) is 0 Å². The molecule has 0 aliphatic rings. The highest BCUT2D eigenvalue weighted by molar-refractivity contribution is 5.88. The number of hydrogen-bond donors (Lipinski definition) is 1. The predicted molar refractivity (Wildman–Crippen MR) is 102 cm³/mol. The Morgan fingerprint density at radius 3 is 2.23 bits per heavy atom. The molecule has 0 aliphatic carbocycles. The number of carbonyl (C=O) groups excluding carboxylic acids is 2. The van der Waals surface area contributed by atoms with Crippen molar-refractivity contribution in [3.8, 4) is 5.75 Å². The van der Waals surface area contributed by atoms with Crippen LogP contribution in [0.15, 0.2) is 60.7 Å². The highest BCUT2D eigenvalue weighted by Gasteiger charge is 2.27. The molecular weight excluding hydrogens is 328 g/mol. The van der Waals surface area contributed by atoms with Gasteiger partial charge in [0.1, 0.15) is 11.8 Å². The van der Waals surface area contributed by atoms with Crippen molar-refractivity contribution in [1.29, 1.82) is 0 Å². The van der Waals surface area contributed by atoms with Gasteiger partial charge in [-0.15, -0.1) is 0 Å². The molecule has 5 heteroatoms. The van der Waals surface area contributed by atoms with Crippen molar-refractivity contribution in [3.63, 3.8) is 0 Å². The summed E-state index contributed by atoms with van der Waals surface area (Å²) in [5.74, 6) is 0.283. The number of nitrogens with zero attached hydrogens (tertiary/aromatic N) is 1. The van der Waals surface area contributed by atoms with Gasteiger partial charge in [-0.2, -0.15) is 0 Å². The zero-order valence-electron chi connectivity index (χ0n) is 15.4. The van der Waals surface area contributed by atoms with Gasteiger partial charge in [0.05, 0.1) is 0 Å². The molecule has 0 aromatic heterocycles. The van der Waals surface area contributed by atoms with Crippen LogP contribution in [-0.2, 0) is 16.0 Å². The average molecular weight is 354 g/mol. The van der Waals surface area contributed by atoms with E-state index >= 15 is 0 Å². The number of likely N-dealkylation sites (N-methyl/N-ethyl adjacent to an activating group) is 1. The van der Waals surface area contributed by atoms with E-state index in [0.29, 0.717) is 25.1 Å². The zero-order chi connectivity index (χ0) is 18.8. The second-order valence-electron chi connectivity index (χ2n) is 5.96. The first-order valence-electron chi connectivity index (χ1n) is 8.88. The summed E-state index contributed by atoms with van der Waals surface area (Å²) in [5, 5.41) is 2.65. The number of para-hydroxylation sites is 1. The van der Waals surface area contributed by atoms with Crippen LogP contribution in [0.2, 0.25) is 0 Å². The van der Waals surface area contributed by atoms with Crippen LogP contribution < -0.4 is 10.1 Å². The first-order chi connectivity index (χ1) is 12.7. The maximum atomic E-state index is 12.8. The number of hydrogen-bond acceptors (Lipinski definition) is 3. The monoisotopic (exact) mass is 354 g/mol. The molecule has 1 N–H and O–H groups in total. The summed E-state index contributed by atoms with van der Waals surface area (Å²) in [6.07, 6.45) is 1.23. The predicted octanol–water partition coefficient (Wildman–Crippen LogP) is 2.66. The Labute approximate surface area is 155 Å². The zero-order valence-corrected chi connectivity index (χ0v) is 15.4. The van der Waals surface area contributed by atoms with Gasteiger partial charge in [0, 0.05) is 13.6 Å². The Morgan fingerprint density at radius 1 is 1.04 bits per heavy atom. The second kappa shape index (κ2) is 10.2. The van der Waals surface area contributed by atoms with E-state index in [1.807, 2.05) is 55.5 Å². The highest BCUT2D eigenvalue weighted by Crippen LogP contribution is 2.12. The van der Waals surface area contributed by atoms with Crippen LogP contribution in [0.25, 0.3) is 0 Å². The molecule has 0 bridgehead atoms. The summed E-state index contributed by atoms with van der Waals surface area (Å²) in [6.45, 7) is 2.28. The summed E-state index contributed by atoms with van der Waals surface area (Å²) in [4.78, 5) is 26.6. The van der Waals surface area contributed by atoms with Crippen molar-refractivity contribution in [2.45, 2.75) is 25.8 Å². The number of nitrogens with one attached hydrogen (secondary N) is 1. The Balaban J connectivity index is 2.07. The van der Waals surface area contributed by atoms with Crippen LogP contribution in [0.3, 0.4) is 0 Å². The summed E-state index contributed by atoms with van der Waals surface area (Å²) in [6, 6.07) is 18.6. The summed E-state index contributed by atoms with van der Waals surface area (Å²) >= 11 is 0. The van der Waals surface area contributed by atoms with Crippen molar-refractivity contribution in [2.75, 3.05) is 20.2 Å². The van der Waals surface area contributed by atoms with E-state index in [9.17, 15) is 9.59 Å². The molecule has 2 aromatic rings. The second-order valence-corrected chi connectivity index (χ2v) is 5.96. The maximum absolute atomic E-state index is 12.8. The van der Waals surface area contributed by atoms with Crippen molar-refractivity contribution in [2.24, 2.45) is 0 Å². The molecule has 2 amide bonds. The third-order valence-corrected chi connectivity index (χ3v) is 4.22. The molecule has 0 fully saturated rings.